The molecule has 130 valence electrons. The molecule has 0 saturated carbocycles. The quantitative estimate of drug-likeness (QED) is 0.732. The Balaban J connectivity index is 1.83. The molecule has 3 N–H and O–H groups in total. The summed E-state index contributed by atoms with van der Waals surface area (Å²) in [5.41, 5.74) is 1.09. The number of hydrogen-bond donors (Lipinski definition) is 3. The first kappa shape index (κ1) is 17.6. The molecule has 1 aromatic rings. The third kappa shape index (κ3) is 5.42. The average molecular weight is 323 g/mol. The van der Waals surface area contributed by atoms with Crippen LogP contribution in [0, 0.1) is 5.92 Å². The summed E-state index contributed by atoms with van der Waals surface area (Å²) in [5.74, 6) is 0.434. The predicted molar refractivity (Wildman–Crippen MR) is 90.4 cm³/mol. The lowest BCUT2D eigenvalue weighted by Gasteiger charge is -2.34. The summed E-state index contributed by atoms with van der Waals surface area (Å²) < 4.78 is 1.79. The highest BCUT2D eigenvalue weighted by atomic mass is 16.3. The van der Waals surface area contributed by atoms with Gasteiger partial charge in [-0.05, 0) is 25.2 Å². The van der Waals surface area contributed by atoms with Gasteiger partial charge in [0.15, 0.2) is 0 Å². The van der Waals surface area contributed by atoms with Crippen LogP contribution >= 0.6 is 0 Å². The Kier molecular flexibility index (Phi) is 6.27. The number of hydrogen-bond acceptors (Lipinski definition) is 4. The van der Waals surface area contributed by atoms with Crippen LogP contribution in [0.1, 0.15) is 33.1 Å². The van der Waals surface area contributed by atoms with Crippen LogP contribution in [-0.2, 0) is 7.05 Å². The summed E-state index contributed by atoms with van der Waals surface area (Å²) in [4.78, 5) is 14.4. The fraction of sp³-hybridized carbons (Fsp3) is 0.750. The first-order valence-corrected chi connectivity index (χ1v) is 8.39. The molecule has 0 spiro atoms. The van der Waals surface area contributed by atoms with Gasteiger partial charge in [0.25, 0.3) is 0 Å². The van der Waals surface area contributed by atoms with Gasteiger partial charge >= 0.3 is 6.03 Å². The third-order valence-electron chi connectivity index (χ3n) is 4.12. The number of rotatable bonds is 6. The number of carbonyl (C=O) groups excluding carboxylic acids is 1. The number of carbonyl (C=O) groups is 1. The van der Waals surface area contributed by atoms with Crippen LogP contribution in [0.4, 0.5) is 10.5 Å². The van der Waals surface area contributed by atoms with E-state index in [1.807, 2.05) is 19.4 Å². The molecule has 7 nitrogen and oxygen atoms in total. The molecular weight excluding hydrogens is 294 g/mol. The molecule has 2 atom stereocenters. The van der Waals surface area contributed by atoms with Gasteiger partial charge in [-0.1, -0.05) is 13.8 Å². The number of nitrogens with zero attached hydrogens (tertiary/aromatic N) is 3. The smallest absolute Gasteiger partial charge is 0.315 e. The number of urea groups is 1. The van der Waals surface area contributed by atoms with Crippen molar-refractivity contribution in [2.24, 2.45) is 13.0 Å². The Labute approximate surface area is 138 Å². The van der Waals surface area contributed by atoms with E-state index in [1.54, 1.807) is 4.68 Å². The number of aliphatic hydroxyl groups excluding tert-OH is 1. The second-order valence-electron chi connectivity index (χ2n) is 6.78. The summed E-state index contributed by atoms with van der Waals surface area (Å²) in [7, 11) is 1.90. The molecule has 23 heavy (non-hydrogen) atoms. The van der Waals surface area contributed by atoms with Gasteiger partial charge in [0, 0.05) is 32.4 Å². The summed E-state index contributed by atoms with van der Waals surface area (Å²) >= 11 is 0. The van der Waals surface area contributed by atoms with Gasteiger partial charge in [-0.2, -0.15) is 5.10 Å². The molecule has 0 aromatic carbocycles. The van der Waals surface area contributed by atoms with Gasteiger partial charge in [0.05, 0.1) is 24.5 Å². The molecule has 7 heteroatoms. The van der Waals surface area contributed by atoms with Crippen molar-refractivity contribution in [2.45, 2.75) is 45.2 Å². The van der Waals surface area contributed by atoms with E-state index in [4.69, 9.17) is 0 Å². The highest BCUT2D eigenvalue weighted by Gasteiger charge is 2.23. The largest absolute Gasteiger partial charge is 0.394 e. The van der Waals surface area contributed by atoms with E-state index >= 15 is 0 Å². The van der Waals surface area contributed by atoms with Crippen molar-refractivity contribution in [1.82, 2.24) is 20.4 Å². The van der Waals surface area contributed by atoms with Crippen LogP contribution < -0.4 is 15.5 Å². The summed E-state index contributed by atoms with van der Waals surface area (Å²) in [6.07, 6.45) is 6.63. The van der Waals surface area contributed by atoms with Crippen LogP contribution in [0.15, 0.2) is 12.4 Å². The number of aliphatic hydroxyl groups is 1. The topological polar surface area (TPSA) is 82.4 Å². The average Bonchev–Trinajstić information content (AvgIpc) is 2.93. The van der Waals surface area contributed by atoms with Crippen molar-refractivity contribution in [2.75, 3.05) is 24.6 Å². The Hall–Kier alpha value is -1.76. The molecule has 0 bridgehead atoms. The van der Waals surface area contributed by atoms with Crippen molar-refractivity contribution in [3.8, 4) is 0 Å². The molecule has 1 fully saturated rings. The SMILES string of the molecule is CC(C)CC(CO)NC(=O)NC1CCCN(c2cnn(C)c2)C1. The molecule has 0 radical (unpaired) electrons. The number of aromatic nitrogens is 2. The number of anilines is 1. The summed E-state index contributed by atoms with van der Waals surface area (Å²) in [6, 6.07) is -0.266. The van der Waals surface area contributed by atoms with E-state index in [9.17, 15) is 9.90 Å². The molecule has 1 saturated heterocycles. The highest BCUT2D eigenvalue weighted by Crippen LogP contribution is 2.18. The maximum atomic E-state index is 12.1. The Morgan fingerprint density at radius 3 is 2.91 bits per heavy atom. The fourth-order valence-electron chi connectivity index (χ4n) is 3.06. The first-order valence-electron chi connectivity index (χ1n) is 8.39. The van der Waals surface area contributed by atoms with Gasteiger partial charge in [0.1, 0.15) is 0 Å². The number of amides is 2. The minimum atomic E-state index is -0.192. The molecule has 2 heterocycles. The van der Waals surface area contributed by atoms with Crippen molar-refractivity contribution in [3.63, 3.8) is 0 Å². The zero-order valence-corrected chi connectivity index (χ0v) is 14.3. The molecule has 0 aliphatic carbocycles. The van der Waals surface area contributed by atoms with Crippen molar-refractivity contribution >= 4 is 11.7 Å². The van der Waals surface area contributed by atoms with Gasteiger partial charge in [-0.3, -0.25) is 4.68 Å². The number of nitrogens with one attached hydrogen (secondary N) is 2. The molecule has 2 unspecified atom stereocenters. The van der Waals surface area contributed by atoms with Crippen molar-refractivity contribution < 1.29 is 9.90 Å². The Bertz CT molecular complexity index is 502. The lowest BCUT2D eigenvalue weighted by atomic mass is 10.0. The fourth-order valence-corrected chi connectivity index (χ4v) is 3.06. The van der Waals surface area contributed by atoms with E-state index < -0.39 is 0 Å². The minimum absolute atomic E-state index is 0.0297. The molecule has 1 aromatic heterocycles. The van der Waals surface area contributed by atoms with E-state index in [2.05, 4.69) is 34.5 Å². The predicted octanol–water partition coefficient (Wildman–Crippen LogP) is 1.10. The monoisotopic (exact) mass is 323 g/mol. The van der Waals surface area contributed by atoms with E-state index in [0.717, 1.165) is 38.0 Å². The molecule has 2 amide bonds. The van der Waals surface area contributed by atoms with E-state index in [0.29, 0.717) is 5.92 Å². The maximum absolute atomic E-state index is 12.1. The lowest BCUT2D eigenvalue weighted by Crippen LogP contribution is -2.53. The van der Waals surface area contributed by atoms with Crippen LogP contribution in [0.2, 0.25) is 0 Å². The lowest BCUT2D eigenvalue weighted by molar-refractivity contribution is 0.203. The van der Waals surface area contributed by atoms with E-state index in [1.165, 1.54) is 0 Å². The zero-order valence-electron chi connectivity index (χ0n) is 14.3. The van der Waals surface area contributed by atoms with Gasteiger partial charge in [-0.25, -0.2) is 4.79 Å². The number of aryl methyl sites for hydroxylation is 1. The van der Waals surface area contributed by atoms with Crippen molar-refractivity contribution in [3.05, 3.63) is 12.4 Å². The molecule has 1 aliphatic heterocycles. The number of piperidine rings is 1. The standard InChI is InChI=1S/C16H29N5O2/c1-12(2)7-14(11-22)19-16(23)18-13-5-4-6-21(9-13)15-8-17-20(3)10-15/h8,10,12-14,22H,4-7,9,11H2,1-3H3,(H2,18,19,23). The minimum Gasteiger partial charge on any atom is -0.394 e. The Morgan fingerprint density at radius 1 is 1.52 bits per heavy atom. The highest BCUT2D eigenvalue weighted by molar-refractivity contribution is 5.74. The maximum Gasteiger partial charge on any atom is 0.315 e. The summed E-state index contributed by atoms with van der Waals surface area (Å²) in [5, 5.41) is 19.5. The third-order valence-corrected chi connectivity index (χ3v) is 4.12. The summed E-state index contributed by atoms with van der Waals surface area (Å²) in [6.45, 7) is 5.90. The van der Waals surface area contributed by atoms with Crippen LogP contribution in [-0.4, -0.2) is 52.7 Å². The molecule has 1 aliphatic rings. The first-order chi connectivity index (χ1) is 11.0. The zero-order chi connectivity index (χ0) is 16.8. The van der Waals surface area contributed by atoms with Crippen LogP contribution in [0.25, 0.3) is 0 Å². The van der Waals surface area contributed by atoms with Crippen molar-refractivity contribution in [1.29, 1.82) is 0 Å². The van der Waals surface area contributed by atoms with Gasteiger partial charge < -0.3 is 20.6 Å². The van der Waals surface area contributed by atoms with Gasteiger partial charge in [-0.15, -0.1) is 0 Å². The van der Waals surface area contributed by atoms with Crippen LogP contribution in [0.5, 0.6) is 0 Å². The molecule has 2 rings (SSSR count). The Morgan fingerprint density at radius 2 is 2.30 bits per heavy atom. The van der Waals surface area contributed by atoms with Crippen LogP contribution in [0.3, 0.4) is 0 Å². The normalized spacial score (nSPS) is 19.7. The molecular formula is C16H29N5O2. The second-order valence-corrected chi connectivity index (χ2v) is 6.78. The van der Waals surface area contributed by atoms with E-state index in [-0.39, 0.29) is 24.7 Å². The second kappa shape index (κ2) is 8.19. The van der Waals surface area contributed by atoms with Gasteiger partial charge in [0.2, 0.25) is 0 Å².